The van der Waals surface area contributed by atoms with E-state index in [0.29, 0.717) is 11.6 Å². The van der Waals surface area contributed by atoms with E-state index in [2.05, 4.69) is 0 Å². The van der Waals surface area contributed by atoms with Crippen molar-refractivity contribution in [2.45, 2.75) is 6.54 Å². The lowest BCUT2D eigenvalue weighted by atomic mass is 10.0. The van der Waals surface area contributed by atoms with Gasteiger partial charge in [0.2, 0.25) is 0 Å². The van der Waals surface area contributed by atoms with Gasteiger partial charge in [-0.1, -0.05) is 60.1 Å². The standard InChI is InChI=1S/C19H16ClNO/c1-21(13-14-6-4-9-16(20)12-14)19(22)18-11-5-8-15-7-2-3-10-17(15)18/h2-12H,13H2,1H3. The molecule has 110 valence electrons. The Morgan fingerprint density at radius 2 is 1.73 bits per heavy atom. The molecular formula is C19H16ClNO. The molecule has 0 aliphatic rings. The minimum absolute atomic E-state index is 0.0109. The Morgan fingerprint density at radius 1 is 1.00 bits per heavy atom. The van der Waals surface area contributed by atoms with Crippen LogP contribution >= 0.6 is 11.6 Å². The van der Waals surface area contributed by atoms with Crippen LogP contribution in [0.4, 0.5) is 0 Å². The Labute approximate surface area is 134 Å². The molecular weight excluding hydrogens is 294 g/mol. The highest BCUT2D eigenvalue weighted by molar-refractivity contribution is 6.30. The van der Waals surface area contributed by atoms with Gasteiger partial charge in [-0.05, 0) is 34.5 Å². The third-order valence-corrected chi connectivity index (χ3v) is 3.91. The fourth-order valence-electron chi connectivity index (χ4n) is 2.60. The van der Waals surface area contributed by atoms with Gasteiger partial charge in [-0.2, -0.15) is 0 Å². The van der Waals surface area contributed by atoms with E-state index in [1.807, 2.05) is 73.8 Å². The second-order valence-corrected chi connectivity index (χ2v) is 5.75. The summed E-state index contributed by atoms with van der Waals surface area (Å²) in [5, 5.41) is 2.74. The zero-order valence-electron chi connectivity index (χ0n) is 12.3. The molecule has 3 aromatic rings. The molecule has 1 amide bonds. The number of nitrogens with zero attached hydrogens (tertiary/aromatic N) is 1. The predicted molar refractivity (Wildman–Crippen MR) is 91.2 cm³/mol. The highest BCUT2D eigenvalue weighted by Gasteiger charge is 2.14. The van der Waals surface area contributed by atoms with Crippen molar-refractivity contribution in [3.8, 4) is 0 Å². The van der Waals surface area contributed by atoms with Crippen LogP contribution in [0, 0.1) is 0 Å². The molecule has 3 aromatic carbocycles. The van der Waals surface area contributed by atoms with Crippen LogP contribution in [0.3, 0.4) is 0 Å². The Kier molecular flexibility index (Phi) is 4.12. The SMILES string of the molecule is CN(Cc1cccc(Cl)c1)C(=O)c1cccc2ccccc12. The number of amides is 1. The van der Waals surface area contributed by atoms with E-state index in [1.54, 1.807) is 4.90 Å². The quantitative estimate of drug-likeness (QED) is 0.682. The van der Waals surface area contributed by atoms with Crippen molar-refractivity contribution in [2.75, 3.05) is 7.05 Å². The molecule has 22 heavy (non-hydrogen) atoms. The zero-order valence-corrected chi connectivity index (χ0v) is 13.0. The smallest absolute Gasteiger partial charge is 0.254 e. The van der Waals surface area contributed by atoms with E-state index in [9.17, 15) is 4.79 Å². The second-order valence-electron chi connectivity index (χ2n) is 5.32. The van der Waals surface area contributed by atoms with Crippen LogP contribution < -0.4 is 0 Å². The van der Waals surface area contributed by atoms with Crippen molar-refractivity contribution in [1.82, 2.24) is 4.90 Å². The molecule has 3 rings (SSSR count). The van der Waals surface area contributed by atoms with E-state index in [4.69, 9.17) is 11.6 Å². The summed E-state index contributed by atoms with van der Waals surface area (Å²) >= 11 is 6.00. The van der Waals surface area contributed by atoms with E-state index < -0.39 is 0 Å². The van der Waals surface area contributed by atoms with Gasteiger partial charge in [0.25, 0.3) is 5.91 Å². The van der Waals surface area contributed by atoms with Crippen molar-refractivity contribution in [3.05, 3.63) is 82.9 Å². The summed E-state index contributed by atoms with van der Waals surface area (Å²) in [6.45, 7) is 0.530. The molecule has 0 aromatic heterocycles. The van der Waals surface area contributed by atoms with E-state index in [0.717, 1.165) is 21.9 Å². The van der Waals surface area contributed by atoms with E-state index in [1.165, 1.54) is 0 Å². The van der Waals surface area contributed by atoms with E-state index >= 15 is 0 Å². The van der Waals surface area contributed by atoms with Gasteiger partial charge in [-0.25, -0.2) is 0 Å². The van der Waals surface area contributed by atoms with Crippen LogP contribution in [0.2, 0.25) is 5.02 Å². The number of carbonyl (C=O) groups excluding carboxylic acids is 1. The Hall–Kier alpha value is -2.32. The molecule has 0 spiro atoms. The predicted octanol–water partition coefficient (Wildman–Crippen LogP) is 4.77. The molecule has 0 aliphatic carbocycles. The lowest BCUT2D eigenvalue weighted by Gasteiger charge is -2.18. The first-order valence-corrected chi connectivity index (χ1v) is 7.50. The first-order chi connectivity index (χ1) is 10.6. The van der Waals surface area contributed by atoms with Gasteiger partial charge in [0.1, 0.15) is 0 Å². The van der Waals surface area contributed by atoms with Crippen LogP contribution in [0.5, 0.6) is 0 Å². The first-order valence-electron chi connectivity index (χ1n) is 7.13. The van der Waals surface area contributed by atoms with Gasteiger partial charge in [0.15, 0.2) is 0 Å². The molecule has 0 radical (unpaired) electrons. The van der Waals surface area contributed by atoms with Crippen molar-refractivity contribution < 1.29 is 4.79 Å². The van der Waals surface area contributed by atoms with Gasteiger partial charge < -0.3 is 4.90 Å². The van der Waals surface area contributed by atoms with Gasteiger partial charge in [0.05, 0.1) is 0 Å². The minimum atomic E-state index is 0.0109. The number of fused-ring (bicyclic) bond motifs is 1. The fraction of sp³-hybridized carbons (Fsp3) is 0.105. The Bertz CT molecular complexity index is 823. The zero-order chi connectivity index (χ0) is 15.5. The van der Waals surface area contributed by atoms with Crippen molar-refractivity contribution in [1.29, 1.82) is 0 Å². The van der Waals surface area contributed by atoms with Crippen LogP contribution in [0.15, 0.2) is 66.7 Å². The second kappa shape index (κ2) is 6.20. The summed E-state index contributed by atoms with van der Waals surface area (Å²) in [6.07, 6.45) is 0. The third kappa shape index (κ3) is 2.97. The van der Waals surface area contributed by atoms with Crippen LogP contribution in [-0.4, -0.2) is 17.9 Å². The summed E-state index contributed by atoms with van der Waals surface area (Å²) < 4.78 is 0. The first kappa shape index (κ1) is 14.6. The number of hydrogen-bond donors (Lipinski definition) is 0. The van der Waals surface area contributed by atoms with Gasteiger partial charge >= 0.3 is 0 Å². The maximum Gasteiger partial charge on any atom is 0.254 e. The topological polar surface area (TPSA) is 20.3 Å². The van der Waals surface area contributed by atoms with Crippen molar-refractivity contribution >= 4 is 28.3 Å². The monoisotopic (exact) mass is 309 g/mol. The largest absolute Gasteiger partial charge is 0.337 e. The van der Waals surface area contributed by atoms with Crippen molar-refractivity contribution in [3.63, 3.8) is 0 Å². The Morgan fingerprint density at radius 3 is 2.55 bits per heavy atom. The number of carbonyl (C=O) groups is 1. The lowest BCUT2D eigenvalue weighted by Crippen LogP contribution is -2.26. The van der Waals surface area contributed by atoms with Crippen molar-refractivity contribution in [2.24, 2.45) is 0 Å². The third-order valence-electron chi connectivity index (χ3n) is 3.68. The summed E-state index contributed by atoms with van der Waals surface area (Å²) in [4.78, 5) is 14.5. The average molecular weight is 310 g/mol. The number of rotatable bonds is 3. The van der Waals surface area contributed by atoms with Crippen LogP contribution in [0.25, 0.3) is 10.8 Å². The summed E-state index contributed by atoms with van der Waals surface area (Å²) in [7, 11) is 1.81. The molecule has 0 atom stereocenters. The molecule has 0 bridgehead atoms. The fourth-order valence-corrected chi connectivity index (χ4v) is 2.81. The minimum Gasteiger partial charge on any atom is -0.337 e. The highest BCUT2D eigenvalue weighted by atomic mass is 35.5. The molecule has 3 heteroatoms. The molecule has 0 unspecified atom stereocenters. The van der Waals surface area contributed by atoms with E-state index in [-0.39, 0.29) is 5.91 Å². The number of benzene rings is 3. The van der Waals surface area contributed by atoms with Gasteiger partial charge in [-0.15, -0.1) is 0 Å². The summed E-state index contributed by atoms with van der Waals surface area (Å²) in [6, 6.07) is 21.3. The summed E-state index contributed by atoms with van der Waals surface area (Å²) in [5.74, 6) is 0.0109. The molecule has 0 heterocycles. The van der Waals surface area contributed by atoms with Crippen LogP contribution in [-0.2, 0) is 6.54 Å². The molecule has 0 fully saturated rings. The Balaban J connectivity index is 1.89. The van der Waals surface area contributed by atoms with Crippen LogP contribution in [0.1, 0.15) is 15.9 Å². The highest BCUT2D eigenvalue weighted by Crippen LogP contribution is 2.20. The summed E-state index contributed by atoms with van der Waals surface area (Å²) in [5.41, 5.74) is 1.74. The lowest BCUT2D eigenvalue weighted by molar-refractivity contribution is 0.0787. The molecule has 0 saturated carbocycles. The average Bonchev–Trinajstić information content (AvgIpc) is 2.53. The molecule has 0 N–H and O–H groups in total. The number of hydrogen-bond acceptors (Lipinski definition) is 1. The molecule has 0 aliphatic heterocycles. The normalized spacial score (nSPS) is 10.6. The molecule has 0 saturated heterocycles. The maximum atomic E-state index is 12.7. The van der Waals surface area contributed by atoms with Gasteiger partial charge in [-0.3, -0.25) is 4.79 Å². The van der Waals surface area contributed by atoms with Gasteiger partial charge in [0, 0.05) is 24.2 Å². The molecule has 2 nitrogen and oxygen atoms in total. The number of halogens is 1. The maximum absolute atomic E-state index is 12.7.